The number of aliphatic hydroxyl groups excluding tert-OH is 1. The average molecular weight is 685 g/mol. The molecule has 0 aromatic rings. The zero-order chi connectivity index (χ0) is 34.9. The number of esters is 2. The lowest BCUT2D eigenvalue weighted by Crippen LogP contribution is -2.29. The highest BCUT2D eigenvalue weighted by Crippen LogP contribution is 2.36. The number of aliphatic hydroxyl groups is 1. The van der Waals surface area contributed by atoms with Crippen molar-refractivity contribution in [3.63, 3.8) is 0 Å². The molecule has 47 heavy (non-hydrogen) atoms. The van der Waals surface area contributed by atoms with Crippen molar-refractivity contribution in [3.8, 4) is 0 Å². The van der Waals surface area contributed by atoms with E-state index in [1.807, 2.05) is 24.3 Å². The fourth-order valence-electron chi connectivity index (χ4n) is 4.70. The zero-order valence-corrected chi connectivity index (χ0v) is 30.2. The van der Waals surface area contributed by atoms with E-state index in [0.29, 0.717) is 19.3 Å². The van der Waals surface area contributed by atoms with Gasteiger partial charge in [0, 0.05) is 12.8 Å². The number of unbranched alkanes of at least 4 members (excludes halogenated alkanes) is 14. The molecule has 0 aliphatic carbocycles. The first-order valence-electron chi connectivity index (χ1n) is 18.0. The Morgan fingerprint density at radius 3 is 1.81 bits per heavy atom. The van der Waals surface area contributed by atoms with Crippen LogP contribution in [-0.2, 0) is 28.2 Å². The van der Waals surface area contributed by atoms with E-state index in [0.717, 1.165) is 77.0 Å². The minimum Gasteiger partial charge on any atom is -0.462 e. The van der Waals surface area contributed by atoms with Crippen LogP contribution >= 0.6 is 7.82 Å². The van der Waals surface area contributed by atoms with Crippen LogP contribution in [0.1, 0.15) is 149 Å². The number of hydrogen-bond acceptors (Lipinski definition) is 7. The number of carbonyl (C=O) groups excluding carboxylic acids is 2. The first-order valence-corrected chi connectivity index (χ1v) is 19.6. The third kappa shape index (κ3) is 35.1. The smallest absolute Gasteiger partial charge is 0.462 e. The molecule has 0 spiro atoms. The Labute approximate surface area is 285 Å². The summed E-state index contributed by atoms with van der Waals surface area (Å²) in [5.74, 6) is -0.953. The van der Waals surface area contributed by atoms with Crippen molar-refractivity contribution in [3.05, 3.63) is 48.6 Å². The molecule has 0 aromatic heterocycles. The number of rotatable bonds is 32. The highest BCUT2D eigenvalue weighted by molar-refractivity contribution is 7.46. The molecule has 1 unspecified atom stereocenters. The van der Waals surface area contributed by atoms with Crippen molar-refractivity contribution in [2.24, 2.45) is 0 Å². The van der Waals surface area contributed by atoms with Gasteiger partial charge in [0.2, 0.25) is 0 Å². The van der Waals surface area contributed by atoms with Crippen LogP contribution in [0.3, 0.4) is 0 Å². The van der Waals surface area contributed by atoms with Crippen molar-refractivity contribution in [1.29, 1.82) is 0 Å². The van der Waals surface area contributed by atoms with Crippen LogP contribution in [0.25, 0.3) is 0 Å². The lowest BCUT2D eigenvalue weighted by molar-refractivity contribution is -0.161. The van der Waals surface area contributed by atoms with Gasteiger partial charge in [0.1, 0.15) is 6.61 Å². The number of allylic oxidation sites excluding steroid dienone is 6. The highest BCUT2D eigenvalue weighted by atomic mass is 31.2. The summed E-state index contributed by atoms with van der Waals surface area (Å²) in [5, 5.41) is 9.82. The Balaban J connectivity index is 4.08. The second-order valence-corrected chi connectivity index (χ2v) is 13.2. The summed E-state index contributed by atoms with van der Waals surface area (Å²) in [6.07, 6.45) is 34.5. The van der Waals surface area contributed by atoms with Gasteiger partial charge < -0.3 is 24.4 Å². The number of phosphoric acid groups is 1. The van der Waals surface area contributed by atoms with E-state index in [-0.39, 0.29) is 19.4 Å². The lowest BCUT2D eigenvalue weighted by Gasteiger charge is -2.18. The fourth-order valence-corrected chi connectivity index (χ4v) is 5.06. The molecule has 0 saturated carbocycles. The number of hydrogen-bond donors (Lipinski definition) is 3. The topological polar surface area (TPSA) is 140 Å². The summed E-state index contributed by atoms with van der Waals surface area (Å²) < 4.78 is 26.2. The van der Waals surface area contributed by atoms with Crippen LogP contribution < -0.4 is 0 Å². The van der Waals surface area contributed by atoms with E-state index in [1.165, 1.54) is 25.7 Å². The van der Waals surface area contributed by atoms with Gasteiger partial charge >= 0.3 is 19.8 Å². The average Bonchev–Trinajstić information content (AvgIpc) is 3.03. The van der Waals surface area contributed by atoms with Gasteiger partial charge in [-0.25, -0.2) is 4.57 Å². The number of phosphoric ester groups is 1. The van der Waals surface area contributed by atoms with Crippen LogP contribution in [0.4, 0.5) is 0 Å². The molecule has 3 N–H and O–H groups in total. The standard InChI is InChI=1S/C37H65O9P/c1-3-5-7-8-9-10-11-12-13-16-20-23-27-31-37(40)46-35(33-45-47(41,42)43)32-44-36(39)30-26-22-19-17-14-15-18-21-25-29-34(38)28-24-6-4-2/h6,10-11,18,21,24-25,29,34-35,38H,3-5,7-9,12-17,19-20,22-23,26-28,30-33H2,1-2H3,(H2,41,42,43)/b11-10-,21-18+,24-6+,29-25+/t34?,35-/m1/s1. The van der Waals surface area contributed by atoms with Crippen LogP contribution in [0.2, 0.25) is 0 Å². The molecule has 2 atom stereocenters. The molecule has 9 nitrogen and oxygen atoms in total. The number of carbonyl (C=O) groups is 2. The van der Waals surface area contributed by atoms with E-state index in [1.54, 1.807) is 6.08 Å². The molecular formula is C37H65O9P. The van der Waals surface area contributed by atoms with Gasteiger partial charge in [0.05, 0.1) is 12.7 Å². The molecule has 0 fully saturated rings. The molecule has 0 radical (unpaired) electrons. The van der Waals surface area contributed by atoms with Gasteiger partial charge in [-0.1, -0.05) is 120 Å². The Kier molecular flexibility index (Phi) is 31.1. The summed E-state index contributed by atoms with van der Waals surface area (Å²) in [6, 6.07) is 0. The second kappa shape index (κ2) is 32.5. The summed E-state index contributed by atoms with van der Waals surface area (Å²) >= 11 is 0. The maximum Gasteiger partial charge on any atom is 0.469 e. The van der Waals surface area contributed by atoms with Gasteiger partial charge in [0.15, 0.2) is 6.10 Å². The Bertz CT molecular complexity index is 923. The largest absolute Gasteiger partial charge is 0.469 e. The van der Waals surface area contributed by atoms with Crippen LogP contribution in [0.15, 0.2) is 48.6 Å². The van der Waals surface area contributed by atoms with Crippen LogP contribution in [-0.4, -0.2) is 52.3 Å². The van der Waals surface area contributed by atoms with E-state index < -0.39 is 38.6 Å². The van der Waals surface area contributed by atoms with E-state index in [4.69, 9.17) is 19.3 Å². The Morgan fingerprint density at radius 2 is 1.21 bits per heavy atom. The first kappa shape index (κ1) is 45.0. The molecule has 0 aliphatic rings. The third-order valence-electron chi connectivity index (χ3n) is 7.41. The molecule has 272 valence electrons. The van der Waals surface area contributed by atoms with Crippen molar-refractivity contribution in [2.45, 2.75) is 161 Å². The van der Waals surface area contributed by atoms with Crippen LogP contribution in [0.5, 0.6) is 0 Å². The molecule has 0 amide bonds. The molecule has 10 heteroatoms. The Morgan fingerprint density at radius 1 is 0.660 bits per heavy atom. The van der Waals surface area contributed by atoms with E-state index >= 15 is 0 Å². The maximum absolute atomic E-state index is 12.3. The van der Waals surface area contributed by atoms with Gasteiger partial charge in [0.25, 0.3) is 0 Å². The van der Waals surface area contributed by atoms with Crippen LogP contribution in [0, 0.1) is 0 Å². The van der Waals surface area contributed by atoms with Gasteiger partial charge in [-0.3, -0.25) is 14.1 Å². The van der Waals surface area contributed by atoms with Crippen molar-refractivity contribution in [1.82, 2.24) is 0 Å². The molecule has 0 heterocycles. The van der Waals surface area contributed by atoms with Crippen molar-refractivity contribution in [2.75, 3.05) is 13.2 Å². The summed E-state index contributed by atoms with van der Waals surface area (Å²) in [5.41, 5.74) is 0. The molecule has 0 aliphatic heterocycles. The predicted molar refractivity (Wildman–Crippen MR) is 190 cm³/mol. The van der Waals surface area contributed by atoms with Crippen molar-refractivity contribution < 1.29 is 43.0 Å². The highest BCUT2D eigenvalue weighted by Gasteiger charge is 2.22. The lowest BCUT2D eigenvalue weighted by atomic mass is 10.1. The molecule has 0 aromatic carbocycles. The second-order valence-electron chi connectivity index (χ2n) is 12.0. The third-order valence-corrected chi connectivity index (χ3v) is 7.90. The monoisotopic (exact) mass is 684 g/mol. The normalized spacial score (nSPS) is 13.7. The summed E-state index contributed by atoms with van der Waals surface area (Å²) in [7, 11) is -4.77. The quantitative estimate of drug-likeness (QED) is 0.0208. The Hall–Kier alpha value is -2.03. The maximum atomic E-state index is 12.3. The van der Waals surface area contributed by atoms with E-state index in [9.17, 15) is 19.3 Å². The first-order chi connectivity index (χ1) is 22.7. The molecular weight excluding hydrogens is 619 g/mol. The number of ether oxygens (including phenoxy) is 2. The van der Waals surface area contributed by atoms with Crippen molar-refractivity contribution >= 4 is 19.8 Å². The van der Waals surface area contributed by atoms with Gasteiger partial charge in [-0.2, -0.15) is 0 Å². The minimum absolute atomic E-state index is 0.185. The zero-order valence-electron chi connectivity index (χ0n) is 29.3. The summed E-state index contributed by atoms with van der Waals surface area (Å²) in [4.78, 5) is 42.6. The van der Waals surface area contributed by atoms with E-state index in [2.05, 4.69) is 36.6 Å². The summed E-state index contributed by atoms with van der Waals surface area (Å²) in [6.45, 7) is 3.41. The molecule has 0 saturated heterocycles. The van der Waals surface area contributed by atoms with Gasteiger partial charge in [-0.15, -0.1) is 0 Å². The van der Waals surface area contributed by atoms with Gasteiger partial charge in [-0.05, 0) is 64.2 Å². The minimum atomic E-state index is -4.77. The molecule has 0 bridgehead atoms. The molecule has 0 rings (SSSR count). The predicted octanol–water partition coefficient (Wildman–Crippen LogP) is 9.37. The SMILES string of the molecule is CC/C=C/CC(O)/C=C/C=C/CCCCCCCC(=O)OC[C@H](COP(=O)(O)O)OC(=O)CCCCCCC/C=C\CCCCCC. The fraction of sp³-hybridized carbons (Fsp3) is 0.730.